The van der Waals surface area contributed by atoms with Gasteiger partial charge in [-0.1, -0.05) is 19.3 Å². The lowest BCUT2D eigenvalue weighted by atomic mass is 10.1. The Labute approximate surface area is 104 Å². The molecule has 1 aliphatic rings. The van der Waals surface area contributed by atoms with Crippen LogP contribution >= 0.6 is 0 Å². The van der Waals surface area contributed by atoms with Gasteiger partial charge in [-0.3, -0.25) is 4.79 Å². The number of rotatable bonds is 9. The Bertz CT molecular complexity index is 203. The second-order valence-electron chi connectivity index (χ2n) is 4.65. The zero-order valence-electron chi connectivity index (χ0n) is 10.7. The minimum absolute atomic E-state index is 0.0404. The molecule has 4 heteroatoms. The van der Waals surface area contributed by atoms with Crippen molar-refractivity contribution in [1.82, 2.24) is 0 Å². The van der Waals surface area contributed by atoms with E-state index in [9.17, 15) is 4.79 Å². The summed E-state index contributed by atoms with van der Waals surface area (Å²) in [5.74, 6) is -0.192. The summed E-state index contributed by atoms with van der Waals surface area (Å²) in [6, 6.07) is 0. The fourth-order valence-electron chi connectivity index (χ4n) is 1.99. The van der Waals surface area contributed by atoms with E-state index in [0.717, 1.165) is 51.7 Å². The maximum absolute atomic E-state index is 10.5. The molecule has 0 spiro atoms. The highest BCUT2D eigenvalue weighted by molar-refractivity contribution is 5.73. The largest absolute Gasteiger partial charge is 0.370 e. The maximum atomic E-state index is 10.5. The van der Waals surface area contributed by atoms with Crippen molar-refractivity contribution in [2.45, 2.75) is 64.1 Å². The van der Waals surface area contributed by atoms with Crippen LogP contribution in [-0.2, 0) is 14.3 Å². The van der Waals surface area contributed by atoms with Crippen molar-refractivity contribution in [2.75, 3.05) is 13.2 Å². The Morgan fingerprint density at radius 2 is 1.94 bits per heavy atom. The lowest BCUT2D eigenvalue weighted by molar-refractivity contribution is -0.162. The molecule has 0 aromatic heterocycles. The van der Waals surface area contributed by atoms with Crippen LogP contribution in [0.4, 0.5) is 0 Å². The highest BCUT2D eigenvalue weighted by Crippen LogP contribution is 2.14. The minimum Gasteiger partial charge on any atom is -0.370 e. The van der Waals surface area contributed by atoms with Crippen molar-refractivity contribution >= 4 is 5.91 Å². The summed E-state index contributed by atoms with van der Waals surface area (Å²) in [5, 5.41) is 0. The summed E-state index contributed by atoms with van der Waals surface area (Å²) >= 11 is 0. The van der Waals surface area contributed by atoms with Gasteiger partial charge >= 0.3 is 0 Å². The van der Waals surface area contributed by atoms with Crippen molar-refractivity contribution in [2.24, 2.45) is 5.73 Å². The number of carbonyl (C=O) groups is 1. The van der Waals surface area contributed by atoms with Gasteiger partial charge in [0.25, 0.3) is 0 Å². The summed E-state index contributed by atoms with van der Waals surface area (Å²) in [6.07, 6.45) is 9.39. The number of nitrogens with two attached hydrogens (primary N) is 1. The Hall–Kier alpha value is -0.610. The number of amides is 1. The molecule has 1 amide bonds. The summed E-state index contributed by atoms with van der Waals surface area (Å²) in [4.78, 5) is 10.5. The zero-order valence-corrected chi connectivity index (χ0v) is 10.7. The van der Waals surface area contributed by atoms with Crippen molar-refractivity contribution in [3.8, 4) is 0 Å². The highest BCUT2D eigenvalue weighted by Gasteiger charge is 2.13. The summed E-state index contributed by atoms with van der Waals surface area (Å²) < 4.78 is 11.1. The molecule has 1 rings (SSSR count). The molecule has 2 N–H and O–H groups in total. The van der Waals surface area contributed by atoms with E-state index in [4.69, 9.17) is 15.2 Å². The van der Waals surface area contributed by atoms with Crippen LogP contribution in [0.1, 0.15) is 57.8 Å². The number of hydrogen-bond acceptors (Lipinski definition) is 3. The Balaban J connectivity index is 1.79. The highest BCUT2D eigenvalue weighted by atomic mass is 16.7. The summed E-state index contributed by atoms with van der Waals surface area (Å²) in [6.45, 7) is 1.64. The van der Waals surface area contributed by atoms with Crippen LogP contribution in [0.15, 0.2) is 0 Å². The van der Waals surface area contributed by atoms with Gasteiger partial charge in [-0.05, 0) is 32.1 Å². The second-order valence-corrected chi connectivity index (χ2v) is 4.65. The average Bonchev–Trinajstić information content (AvgIpc) is 2.33. The predicted octanol–water partition coefficient (Wildman–Crippen LogP) is 2.36. The molecule has 0 aromatic rings. The fourth-order valence-corrected chi connectivity index (χ4v) is 1.99. The van der Waals surface area contributed by atoms with E-state index in [1.165, 1.54) is 12.8 Å². The molecule has 0 aliphatic carbocycles. The van der Waals surface area contributed by atoms with Gasteiger partial charge < -0.3 is 15.2 Å². The standard InChI is InChI=1S/C13H25NO3/c14-12(15)8-4-2-1-3-6-10-16-13-9-5-7-11-17-13/h13H,1-11H2,(H2,14,15). The fraction of sp³-hybridized carbons (Fsp3) is 0.923. The first-order valence-corrected chi connectivity index (χ1v) is 6.80. The second kappa shape index (κ2) is 9.42. The molecule has 1 saturated heterocycles. The normalized spacial score (nSPS) is 20.4. The lowest BCUT2D eigenvalue weighted by Gasteiger charge is -2.22. The molecule has 1 heterocycles. The molecule has 1 fully saturated rings. The van der Waals surface area contributed by atoms with E-state index in [1.54, 1.807) is 0 Å². The third-order valence-electron chi connectivity index (χ3n) is 3.01. The SMILES string of the molecule is NC(=O)CCCCCCCOC1CCCCO1. The van der Waals surface area contributed by atoms with E-state index >= 15 is 0 Å². The number of unbranched alkanes of at least 4 members (excludes halogenated alkanes) is 4. The first-order chi connectivity index (χ1) is 8.29. The molecule has 1 unspecified atom stereocenters. The van der Waals surface area contributed by atoms with Crippen molar-refractivity contribution in [3.05, 3.63) is 0 Å². The third-order valence-corrected chi connectivity index (χ3v) is 3.01. The third kappa shape index (κ3) is 8.16. The van der Waals surface area contributed by atoms with Crippen LogP contribution in [0, 0.1) is 0 Å². The topological polar surface area (TPSA) is 61.6 Å². The van der Waals surface area contributed by atoms with E-state index < -0.39 is 0 Å². The Morgan fingerprint density at radius 1 is 1.18 bits per heavy atom. The van der Waals surface area contributed by atoms with Gasteiger partial charge in [0.05, 0.1) is 0 Å². The Kier molecular flexibility index (Phi) is 8.01. The first kappa shape index (κ1) is 14.5. The molecule has 0 aromatic carbocycles. The van der Waals surface area contributed by atoms with Gasteiger partial charge in [-0.2, -0.15) is 0 Å². The maximum Gasteiger partial charge on any atom is 0.217 e. The van der Waals surface area contributed by atoms with Gasteiger partial charge in [-0.15, -0.1) is 0 Å². The monoisotopic (exact) mass is 243 g/mol. The van der Waals surface area contributed by atoms with Crippen LogP contribution in [0.3, 0.4) is 0 Å². The van der Waals surface area contributed by atoms with Gasteiger partial charge in [0.15, 0.2) is 6.29 Å². The average molecular weight is 243 g/mol. The van der Waals surface area contributed by atoms with Crippen LogP contribution in [0.25, 0.3) is 0 Å². The van der Waals surface area contributed by atoms with Crippen molar-refractivity contribution in [3.63, 3.8) is 0 Å². The van der Waals surface area contributed by atoms with Gasteiger partial charge in [-0.25, -0.2) is 0 Å². The Morgan fingerprint density at radius 3 is 2.65 bits per heavy atom. The zero-order chi connectivity index (χ0) is 12.3. The molecular weight excluding hydrogens is 218 g/mol. The first-order valence-electron chi connectivity index (χ1n) is 6.80. The van der Waals surface area contributed by atoms with E-state index in [0.29, 0.717) is 6.42 Å². The smallest absolute Gasteiger partial charge is 0.217 e. The predicted molar refractivity (Wildman–Crippen MR) is 66.4 cm³/mol. The summed E-state index contributed by atoms with van der Waals surface area (Å²) in [5.41, 5.74) is 5.06. The van der Waals surface area contributed by atoms with Crippen LogP contribution in [-0.4, -0.2) is 25.4 Å². The van der Waals surface area contributed by atoms with Gasteiger partial charge in [0, 0.05) is 19.6 Å². The van der Waals surface area contributed by atoms with E-state index in [1.807, 2.05) is 0 Å². The van der Waals surface area contributed by atoms with Crippen molar-refractivity contribution in [1.29, 1.82) is 0 Å². The number of hydrogen-bond donors (Lipinski definition) is 1. The van der Waals surface area contributed by atoms with Gasteiger partial charge in [0.2, 0.25) is 5.91 Å². The molecule has 4 nitrogen and oxygen atoms in total. The number of ether oxygens (including phenoxy) is 2. The lowest BCUT2D eigenvalue weighted by Crippen LogP contribution is -2.22. The molecule has 100 valence electrons. The molecule has 17 heavy (non-hydrogen) atoms. The van der Waals surface area contributed by atoms with Crippen LogP contribution in [0.5, 0.6) is 0 Å². The molecule has 1 aliphatic heterocycles. The number of carbonyl (C=O) groups excluding carboxylic acids is 1. The number of primary amides is 1. The summed E-state index contributed by atoms with van der Waals surface area (Å²) in [7, 11) is 0. The van der Waals surface area contributed by atoms with Crippen LogP contribution in [0.2, 0.25) is 0 Å². The quantitative estimate of drug-likeness (QED) is 0.632. The van der Waals surface area contributed by atoms with E-state index in [2.05, 4.69) is 0 Å². The van der Waals surface area contributed by atoms with Crippen LogP contribution < -0.4 is 5.73 Å². The molecule has 0 bridgehead atoms. The molecule has 1 atom stereocenters. The molecule has 0 saturated carbocycles. The van der Waals surface area contributed by atoms with Gasteiger partial charge in [0.1, 0.15) is 0 Å². The molecular formula is C13H25NO3. The minimum atomic E-state index is -0.192. The van der Waals surface area contributed by atoms with Crippen molar-refractivity contribution < 1.29 is 14.3 Å². The van der Waals surface area contributed by atoms with E-state index in [-0.39, 0.29) is 12.2 Å². The molecule has 0 radical (unpaired) electrons.